The molecule has 6 aliphatic carbocycles. The molecule has 6 aliphatic rings. The van der Waals surface area contributed by atoms with Crippen LogP contribution < -0.4 is 0 Å². The molecule has 0 amide bonds. The number of halogens is 13. The third-order valence-electron chi connectivity index (χ3n) is 14.7. The minimum Gasteiger partial charge on any atom is -0.373 e. The molecule has 392 valence electrons. The number of ether oxygens (including phenoxy) is 2. The third kappa shape index (κ3) is 10.1. The van der Waals surface area contributed by atoms with E-state index in [-0.39, 0.29) is 50.4 Å². The summed E-state index contributed by atoms with van der Waals surface area (Å²) in [4.78, 5) is 3.05. The molecular weight excluding hydrogens is 1080 g/mol. The maximum Gasteiger partial charge on any atom is 0.460 e. The molecule has 2 aromatic carbocycles. The second-order valence-electron chi connectivity index (χ2n) is 19.4. The van der Waals surface area contributed by atoms with Crippen molar-refractivity contribution < 1.29 is 70.6 Å². The van der Waals surface area contributed by atoms with E-state index in [1.54, 1.807) is 18.2 Å². The molecule has 0 N–H and O–H groups in total. The predicted octanol–water partition coefficient (Wildman–Crippen LogP) is 15.3. The summed E-state index contributed by atoms with van der Waals surface area (Å²) in [6.45, 7) is 0.374. The summed E-state index contributed by atoms with van der Waals surface area (Å²) >= 11 is 25.6. The van der Waals surface area contributed by atoms with Crippen LogP contribution in [0.25, 0.3) is 33.0 Å². The van der Waals surface area contributed by atoms with E-state index in [0.717, 1.165) is 62.7 Å². The zero-order chi connectivity index (χ0) is 51.7. The molecule has 2 aromatic heterocycles. The van der Waals surface area contributed by atoms with Gasteiger partial charge in [0.25, 0.3) is 0 Å². The average Bonchev–Trinajstić information content (AvgIpc) is 4.23. The van der Waals surface area contributed by atoms with Crippen LogP contribution in [0.2, 0.25) is 20.1 Å². The van der Waals surface area contributed by atoms with Gasteiger partial charge in [0.1, 0.15) is 22.9 Å². The van der Waals surface area contributed by atoms with Gasteiger partial charge in [-0.2, -0.15) is 47.9 Å². The lowest BCUT2D eigenvalue weighted by molar-refractivity contribution is -0.383. The van der Waals surface area contributed by atoms with Gasteiger partial charge in [-0.25, -0.2) is 0 Å². The van der Waals surface area contributed by atoms with Crippen LogP contribution in [0, 0.1) is 23.7 Å². The Hall–Kier alpha value is -3.47. The molecule has 4 atom stereocenters. The van der Waals surface area contributed by atoms with Crippen LogP contribution >= 0.6 is 46.4 Å². The van der Waals surface area contributed by atoms with Crippen molar-refractivity contribution in [2.24, 2.45) is 28.8 Å². The fraction of sp³-hybridized carbons (Fsp3) is 0.609. The molecule has 6 saturated carbocycles. The summed E-state index contributed by atoms with van der Waals surface area (Å²) in [5.74, 6) is -13.6. The molecule has 26 heteroatoms. The highest BCUT2D eigenvalue weighted by Crippen LogP contribution is 2.57. The molecule has 72 heavy (non-hydrogen) atoms. The van der Waals surface area contributed by atoms with Crippen LogP contribution in [0.5, 0.6) is 0 Å². The summed E-state index contributed by atoms with van der Waals surface area (Å²) in [6, 6.07) is 10.4. The summed E-state index contributed by atoms with van der Waals surface area (Å²) in [5.41, 5.74) is 12.5. The highest BCUT2D eigenvalue weighted by molar-refractivity contribution is 7.87. The maximum absolute atomic E-state index is 14.2. The van der Waals surface area contributed by atoms with Crippen molar-refractivity contribution in [3.05, 3.63) is 89.6 Å². The Morgan fingerprint density at radius 3 is 1.39 bits per heavy atom. The van der Waals surface area contributed by atoms with Gasteiger partial charge in [0, 0.05) is 45.0 Å². The van der Waals surface area contributed by atoms with Gasteiger partial charge in [0.15, 0.2) is 0 Å². The lowest BCUT2D eigenvalue weighted by Gasteiger charge is -2.37. The molecule has 0 spiro atoms. The molecule has 4 bridgehead atoms. The van der Waals surface area contributed by atoms with Gasteiger partial charge in [-0.1, -0.05) is 74.0 Å². The van der Waals surface area contributed by atoms with Crippen molar-refractivity contribution in [3.63, 3.8) is 0 Å². The first-order chi connectivity index (χ1) is 34.0. The van der Waals surface area contributed by atoms with E-state index in [4.69, 9.17) is 70.5 Å². The average molecular weight is 1120 g/mol. The van der Waals surface area contributed by atoms with Crippen molar-refractivity contribution >= 4 is 56.5 Å². The molecule has 0 aliphatic heterocycles. The summed E-state index contributed by atoms with van der Waals surface area (Å²) in [6.07, 6.45) is -0.850. The van der Waals surface area contributed by atoms with Crippen LogP contribution in [0.15, 0.2) is 50.6 Å². The van der Waals surface area contributed by atoms with Gasteiger partial charge >= 0.3 is 33.4 Å². The number of fused-ring (bicyclic) bond motifs is 4. The molecule has 10 rings (SSSR count). The Bertz CT molecular complexity index is 2760. The number of hydrogen-bond acceptors (Lipinski definition) is 10. The van der Waals surface area contributed by atoms with E-state index >= 15 is 0 Å². The minimum atomic E-state index is -7.36. The third-order valence-corrected chi connectivity index (χ3v) is 17.3. The monoisotopic (exact) mass is 1120 g/mol. The Morgan fingerprint density at radius 2 is 1.01 bits per heavy atom. The van der Waals surface area contributed by atoms with Crippen molar-refractivity contribution in [1.82, 2.24) is 10.3 Å². The van der Waals surface area contributed by atoms with E-state index in [0.29, 0.717) is 78.3 Å². The van der Waals surface area contributed by atoms with E-state index in [2.05, 4.69) is 24.5 Å². The quantitative estimate of drug-likeness (QED) is 0.0349. The standard InChI is InChI=1S/C25H22Cl2F9NO5S.C21H22Cl2N4O2/c26-16-2-1-3-17(27)18(16)19-15(21(41-37-19)11-4-5-11)10-40-14-8-12-6-7-13(9-14)20(12)42-43(38,39)25(35,36)23(30,31)22(28,29)24(32,33)34;22-16-2-1-3-17(23)18(16)20-15(21(29-26-20)11-4-5-11)10-28-14-8-12-6-7-13(9-14)19(12)25-27-24/h1-3,11-14,20H,4-10H2;1-3,11-14,19H,4-10H2. The van der Waals surface area contributed by atoms with Gasteiger partial charge in [0.2, 0.25) is 0 Å². The highest BCUT2D eigenvalue weighted by Gasteiger charge is 2.86. The smallest absolute Gasteiger partial charge is 0.373 e. The Labute approximate surface area is 426 Å². The lowest BCUT2D eigenvalue weighted by atomic mass is 9.83. The topological polar surface area (TPSA) is 163 Å². The predicted molar refractivity (Wildman–Crippen MR) is 244 cm³/mol. The second kappa shape index (κ2) is 20.2. The van der Waals surface area contributed by atoms with Gasteiger partial charge in [-0.05, 0) is 131 Å². The zero-order valence-electron chi connectivity index (χ0n) is 37.6. The largest absolute Gasteiger partial charge is 0.460 e. The molecule has 0 radical (unpaired) electrons. The number of hydrogen-bond donors (Lipinski definition) is 0. The van der Waals surface area contributed by atoms with Crippen molar-refractivity contribution in [2.75, 3.05) is 0 Å². The first-order valence-corrected chi connectivity index (χ1v) is 26.1. The van der Waals surface area contributed by atoms with Crippen molar-refractivity contribution in [3.8, 4) is 22.5 Å². The number of alkyl halides is 9. The Kier molecular flexibility index (Phi) is 15.0. The fourth-order valence-electron chi connectivity index (χ4n) is 10.8. The summed E-state index contributed by atoms with van der Waals surface area (Å²) in [7, 11) is -6.95. The number of aromatic nitrogens is 2. The van der Waals surface area contributed by atoms with Gasteiger partial charge in [-0.15, -0.1) is 0 Å². The number of nitrogens with zero attached hydrogens (tertiary/aromatic N) is 5. The minimum absolute atomic E-state index is 0.00356. The first kappa shape index (κ1) is 53.4. The van der Waals surface area contributed by atoms with Crippen molar-refractivity contribution in [1.29, 1.82) is 0 Å². The van der Waals surface area contributed by atoms with Crippen LogP contribution in [0.3, 0.4) is 0 Å². The Balaban J connectivity index is 0.000000191. The highest BCUT2D eigenvalue weighted by atomic mass is 35.5. The maximum atomic E-state index is 14.2. The molecule has 4 aromatic rings. The second-order valence-corrected chi connectivity index (χ2v) is 22.6. The van der Waals surface area contributed by atoms with Gasteiger partial charge in [0.05, 0.1) is 51.6 Å². The van der Waals surface area contributed by atoms with Gasteiger partial charge in [-0.3, -0.25) is 4.18 Å². The summed E-state index contributed by atoms with van der Waals surface area (Å²) < 4.78 is 172. The van der Waals surface area contributed by atoms with Crippen LogP contribution in [0.4, 0.5) is 39.5 Å². The van der Waals surface area contributed by atoms with E-state index in [9.17, 15) is 47.9 Å². The summed E-state index contributed by atoms with van der Waals surface area (Å²) in [5, 5.41) is 7.34. The molecule has 12 nitrogen and oxygen atoms in total. The number of rotatable bonds is 16. The van der Waals surface area contributed by atoms with Crippen LogP contribution in [-0.2, 0) is 37.0 Å². The molecular formula is C46H44Cl4F9N5O7S. The molecule has 4 unspecified atom stereocenters. The number of benzene rings is 2. The lowest BCUT2D eigenvalue weighted by Crippen LogP contribution is -2.63. The SMILES string of the molecule is O=S(=O)(OC1C2CCC1CC(OCc1c(-c3c(Cl)cccc3Cl)noc1C1CC1)C2)C(F)(F)C(F)(F)C(F)(F)C(F)(F)F.[N-]=[N+]=NC1C2CCC1CC(OCc1c(-c3c(Cl)cccc3Cl)noc1C1CC1)C2. The van der Waals surface area contributed by atoms with E-state index < -0.39 is 57.4 Å². The zero-order valence-corrected chi connectivity index (χ0v) is 41.4. The van der Waals surface area contributed by atoms with Crippen LogP contribution in [0.1, 0.15) is 112 Å². The molecule has 2 heterocycles. The van der Waals surface area contributed by atoms with Crippen LogP contribution in [-0.4, -0.2) is 66.4 Å². The van der Waals surface area contributed by atoms with E-state index in [1.807, 2.05) is 18.2 Å². The molecule has 6 fully saturated rings. The Morgan fingerprint density at radius 1 is 0.625 bits per heavy atom. The van der Waals surface area contributed by atoms with Gasteiger partial charge < -0.3 is 18.5 Å². The number of azide groups is 1. The normalized spacial score (nSPS) is 26.6. The van der Waals surface area contributed by atoms with Crippen molar-refractivity contribution in [2.45, 2.75) is 150 Å². The first-order valence-electron chi connectivity index (χ1n) is 23.2. The molecule has 0 saturated heterocycles. The van der Waals surface area contributed by atoms with E-state index in [1.165, 1.54) is 0 Å². The fourth-order valence-corrected chi connectivity index (χ4v) is 13.1.